The van der Waals surface area contributed by atoms with Gasteiger partial charge in [0, 0.05) is 6.54 Å². The largest absolute Gasteiger partial charge is 0.494 e. The number of hydrogen-bond acceptors (Lipinski definition) is 3. The molecular weight excluding hydrogens is 352 g/mol. The Morgan fingerprint density at radius 1 is 0.929 bits per heavy atom. The molecule has 0 spiro atoms. The van der Waals surface area contributed by atoms with Crippen LogP contribution in [0.5, 0.6) is 5.75 Å². The fraction of sp³-hybridized carbons (Fsp3) is 0.217. The summed E-state index contributed by atoms with van der Waals surface area (Å²) in [4.78, 5) is 27.0. The van der Waals surface area contributed by atoms with Gasteiger partial charge in [-0.3, -0.25) is 9.69 Å². The van der Waals surface area contributed by atoms with Crippen LogP contribution in [0.4, 0.5) is 4.79 Å². The minimum atomic E-state index is -1.07. The van der Waals surface area contributed by atoms with Gasteiger partial charge in [-0.1, -0.05) is 60.7 Å². The van der Waals surface area contributed by atoms with E-state index in [-0.39, 0.29) is 11.9 Å². The Kier molecular flexibility index (Phi) is 4.74. The van der Waals surface area contributed by atoms with Crippen LogP contribution in [0.2, 0.25) is 0 Å². The monoisotopic (exact) mass is 374 g/mol. The predicted octanol–water partition coefficient (Wildman–Crippen LogP) is 4.08. The fourth-order valence-electron chi connectivity index (χ4n) is 3.67. The summed E-state index contributed by atoms with van der Waals surface area (Å²) in [5.41, 5.74) is -0.259. The van der Waals surface area contributed by atoms with Gasteiger partial charge in [0.15, 0.2) is 0 Å². The number of ether oxygens (including phenoxy) is 1. The van der Waals surface area contributed by atoms with Crippen LogP contribution >= 0.6 is 0 Å². The number of hydrogen-bond donors (Lipinski definition) is 1. The van der Waals surface area contributed by atoms with Gasteiger partial charge in [0.25, 0.3) is 5.91 Å². The average Bonchev–Trinajstić information content (AvgIpc) is 2.95. The minimum absolute atomic E-state index is 0.228. The fourth-order valence-corrected chi connectivity index (χ4v) is 3.67. The third-order valence-corrected chi connectivity index (χ3v) is 5.14. The highest BCUT2D eigenvalue weighted by Crippen LogP contribution is 2.33. The molecule has 1 atom stereocenters. The zero-order valence-corrected chi connectivity index (χ0v) is 15.7. The van der Waals surface area contributed by atoms with Crippen LogP contribution in [-0.2, 0) is 10.3 Å². The van der Waals surface area contributed by atoms with Gasteiger partial charge < -0.3 is 10.1 Å². The van der Waals surface area contributed by atoms with Crippen molar-refractivity contribution < 1.29 is 14.3 Å². The van der Waals surface area contributed by atoms with Gasteiger partial charge in [0.05, 0.1) is 6.61 Å². The molecule has 1 heterocycles. The molecular formula is C23H22N2O3. The van der Waals surface area contributed by atoms with Crippen molar-refractivity contribution in [3.63, 3.8) is 0 Å². The van der Waals surface area contributed by atoms with Crippen LogP contribution in [0.1, 0.15) is 18.9 Å². The minimum Gasteiger partial charge on any atom is -0.494 e. The highest BCUT2D eigenvalue weighted by Gasteiger charge is 2.49. The SMILES string of the molecule is C[C@@]1(c2cccc3ccccc23)NC(=O)N(CCCOc2ccccc2)C1=O. The number of carbonyl (C=O) groups is 2. The van der Waals surface area contributed by atoms with Crippen molar-refractivity contribution in [2.24, 2.45) is 0 Å². The highest BCUT2D eigenvalue weighted by atomic mass is 16.5. The molecule has 3 aromatic carbocycles. The topological polar surface area (TPSA) is 58.6 Å². The van der Waals surface area contributed by atoms with Crippen LogP contribution in [0.15, 0.2) is 72.8 Å². The summed E-state index contributed by atoms with van der Waals surface area (Å²) >= 11 is 0. The van der Waals surface area contributed by atoms with E-state index >= 15 is 0 Å². The maximum Gasteiger partial charge on any atom is 0.325 e. The predicted molar refractivity (Wildman–Crippen MR) is 108 cm³/mol. The van der Waals surface area contributed by atoms with E-state index in [9.17, 15) is 9.59 Å². The quantitative estimate of drug-likeness (QED) is 0.523. The number of para-hydroxylation sites is 1. The lowest BCUT2D eigenvalue weighted by atomic mass is 9.88. The molecule has 1 aliphatic heterocycles. The van der Waals surface area contributed by atoms with Gasteiger partial charge in [-0.25, -0.2) is 4.79 Å². The van der Waals surface area contributed by atoms with Crippen molar-refractivity contribution in [3.8, 4) is 5.75 Å². The van der Waals surface area contributed by atoms with Crippen molar-refractivity contribution in [3.05, 3.63) is 78.4 Å². The molecule has 0 saturated carbocycles. The molecule has 3 aromatic rings. The summed E-state index contributed by atoms with van der Waals surface area (Å²) in [5.74, 6) is 0.550. The molecule has 0 unspecified atom stereocenters. The van der Waals surface area contributed by atoms with Gasteiger partial charge in [-0.15, -0.1) is 0 Å². The number of nitrogens with one attached hydrogen (secondary N) is 1. The van der Waals surface area contributed by atoms with Gasteiger partial charge in [0.1, 0.15) is 11.3 Å². The zero-order chi connectivity index (χ0) is 19.6. The van der Waals surface area contributed by atoms with Crippen LogP contribution in [0, 0.1) is 0 Å². The third-order valence-electron chi connectivity index (χ3n) is 5.14. The lowest BCUT2D eigenvalue weighted by Gasteiger charge is -2.24. The Labute approximate surface area is 163 Å². The maximum absolute atomic E-state index is 13.1. The smallest absolute Gasteiger partial charge is 0.325 e. The lowest BCUT2D eigenvalue weighted by Crippen LogP contribution is -2.41. The summed E-state index contributed by atoms with van der Waals surface area (Å²) in [5, 5.41) is 4.90. The Hall–Kier alpha value is -3.34. The van der Waals surface area contributed by atoms with Crippen molar-refractivity contribution in [1.82, 2.24) is 10.2 Å². The highest BCUT2D eigenvalue weighted by molar-refractivity contribution is 6.09. The summed E-state index contributed by atoms with van der Waals surface area (Å²) in [7, 11) is 0. The van der Waals surface area contributed by atoms with Crippen molar-refractivity contribution in [2.75, 3.05) is 13.2 Å². The number of nitrogens with zero attached hydrogens (tertiary/aromatic N) is 1. The molecule has 1 fully saturated rings. The summed E-state index contributed by atoms with van der Waals surface area (Å²) in [6.45, 7) is 2.53. The van der Waals surface area contributed by atoms with Gasteiger partial charge in [-0.2, -0.15) is 0 Å². The average molecular weight is 374 g/mol. The van der Waals surface area contributed by atoms with Crippen LogP contribution in [0.3, 0.4) is 0 Å². The van der Waals surface area contributed by atoms with Crippen LogP contribution in [-0.4, -0.2) is 30.0 Å². The number of urea groups is 1. The molecule has 1 N–H and O–H groups in total. The number of imide groups is 1. The van der Waals surface area contributed by atoms with E-state index in [1.807, 2.05) is 72.8 Å². The second-order valence-corrected chi connectivity index (χ2v) is 7.05. The van der Waals surface area contributed by atoms with E-state index in [2.05, 4.69) is 5.32 Å². The molecule has 4 rings (SSSR count). The molecule has 0 radical (unpaired) electrons. The van der Waals surface area contributed by atoms with E-state index in [0.29, 0.717) is 19.6 Å². The Balaban J connectivity index is 1.48. The van der Waals surface area contributed by atoms with Crippen LogP contribution < -0.4 is 10.1 Å². The normalized spacial score (nSPS) is 19.1. The summed E-state index contributed by atoms with van der Waals surface area (Å²) < 4.78 is 5.66. The number of carbonyl (C=O) groups excluding carboxylic acids is 2. The van der Waals surface area contributed by atoms with E-state index in [0.717, 1.165) is 22.1 Å². The van der Waals surface area contributed by atoms with Crippen molar-refractivity contribution >= 4 is 22.7 Å². The van der Waals surface area contributed by atoms with Gasteiger partial charge in [0.2, 0.25) is 0 Å². The maximum atomic E-state index is 13.1. The number of amides is 3. The molecule has 28 heavy (non-hydrogen) atoms. The summed E-state index contributed by atoms with van der Waals surface area (Å²) in [6, 6.07) is 22.8. The first kappa shape index (κ1) is 18.0. The Bertz CT molecular complexity index is 1010. The second-order valence-electron chi connectivity index (χ2n) is 7.05. The molecule has 1 aliphatic rings. The first-order chi connectivity index (χ1) is 13.6. The van der Waals surface area contributed by atoms with Crippen molar-refractivity contribution in [1.29, 1.82) is 0 Å². The summed E-state index contributed by atoms with van der Waals surface area (Å²) in [6.07, 6.45) is 0.569. The van der Waals surface area contributed by atoms with E-state index in [1.165, 1.54) is 4.90 Å². The van der Waals surface area contributed by atoms with E-state index < -0.39 is 5.54 Å². The van der Waals surface area contributed by atoms with Gasteiger partial charge in [-0.05, 0) is 41.8 Å². The standard InChI is InChI=1S/C23H22N2O3/c1-23(20-14-7-10-17-9-5-6-13-19(17)20)21(26)25(22(27)24-23)15-8-16-28-18-11-3-2-4-12-18/h2-7,9-14H,8,15-16H2,1H3,(H,24,27)/t23-/m0/s1. The Morgan fingerprint density at radius 2 is 1.64 bits per heavy atom. The molecule has 0 aliphatic carbocycles. The number of benzene rings is 3. The third kappa shape index (κ3) is 3.20. The number of rotatable bonds is 6. The molecule has 142 valence electrons. The lowest BCUT2D eigenvalue weighted by molar-refractivity contribution is -0.131. The first-order valence-corrected chi connectivity index (χ1v) is 9.40. The zero-order valence-electron chi connectivity index (χ0n) is 15.7. The molecule has 0 aromatic heterocycles. The number of fused-ring (bicyclic) bond motifs is 1. The Morgan fingerprint density at radius 3 is 2.46 bits per heavy atom. The van der Waals surface area contributed by atoms with Crippen LogP contribution in [0.25, 0.3) is 10.8 Å². The van der Waals surface area contributed by atoms with E-state index in [4.69, 9.17) is 4.74 Å². The molecule has 5 nitrogen and oxygen atoms in total. The molecule has 3 amide bonds. The van der Waals surface area contributed by atoms with Gasteiger partial charge >= 0.3 is 6.03 Å². The van der Waals surface area contributed by atoms with E-state index in [1.54, 1.807) is 6.92 Å². The molecule has 0 bridgehead atoms. The second kappa shape index (κ2) is 7.35. The van der Waals surface area contributed by atoms with Crippen molar-refractivity contribution in [2.45, 2.75) is 18.9 Å². The molecule has 5 heteroatoms. The first-order valence-electron chi connectivity index (χ1n) is 9.40. The molecule has 1 saturated heterocycles.